The Kier molecular flexibility index (Phi) is 6.17. The van der Waals surface area contributed by atoms with Gasteiger partial charge in [-0.3, -0.25) is 9.59 Å². The number of carboxylic acids is 1. The van der Waals surface area contributed by atoms with E-state index in [4.69, 9.17) is 9.84 Å². The van der Waals surface area contributed by atoms with Crippen molar-refractivity contribution in [3.05, 3.63) is 65.7 Å². The van der Waals surface area contributed by atoms with E-state index < -0.39 is 5.97 Å². The zero-order chi connectivity index (χ0) is 18.4. The molecule has 6 heteroatoms. The van der Waals surface area contributed by atoms with Crippen LogP contribution < -0.4 is 4.74 Å². The zero-order valence-corrected chi connectivity index (χ0v) is 15.2. The van der Waals surface area contributed by atoms with Crippen molar-refractivity contribution in [3.8, 4) is 5.75 Å². The third-order valence-corrected chi connectivity index (χ3v) is 5.38. The first-order chi connectivity index (χ1) is 12.6. The van der Waals surface area contributed by atoms with Crippen molar-refractivity contribution in [1.82, 2.24) is 4.90 Å². The van der Waals surface area contributed by atoms with Crippen LogP contribution in [0.1, 0.15) is 29.3 Å². The van der Waals surface area contributed by atoms with Gasteiger partial charge in [0, 0.05) is 18.5 Å². The number of ether oxygens (including phenoxy) is 1. The highest BCUT2D eigenvalue weighted by Crippen LogP contribution is 2.43. The molecule has 1 unspecified atom stereocenters. The molecule has 1 fully saturated rings. The van der Waals surface area contributed by atoms with Gasteiger partial charge in [0.1, 0.15) is 11.1 Å². The minimum absolute atomic E-state index is 0.0823. The number of carbonyl (C=O) groups is 2. The van der Waals surface area contributed by atoms with Gasteiger partial charge in [-0.1, -0.05) is 48.5 Å². The lowest BCUT2D eigenvalue weighted by Gasteiger charge is -2.26. The first-order valence-corrected chi connectivity index (χ1v) is 9.58. The first-order valence-electron chi connectivity index (χ1n) is 8.53. The molecule has 1 atom stereocenters. The van der Waals surface area contributed by atoms with E-state index in [9.17, 15) is 9.59 Å². The maximum atomic E-state index is 12.4. The summed E-state index contributed by atoms with van der Waals surface area (Å²) in [6.45, 7) is 0.901. The number of aliphatic carboxylic acids is 1. The molecule has 0 spiro atoms. The van der Waals surface area contributed by atoms with Gasteiger partial charge in [0.05, 0.1) is 12.4 Å². The van der Waals surface area contributed by atoms with Crippen LogP contribution in [0.4, 0.5) is 0 Å². The van der Waals surface area contributed by atoms with Gasteiger partial charge in [-0.2, -0.15) is 0 Å². The Bertz CT molecular complexity index is 765. The van der Waals surface area contributed by atoms with Crippen LogP contribution in [0.15, 0.2) is 54.6 Å². The normalized spacial score (nSPS) is 16.7. The van der Waals surface area contributed by atoms with Crippen molar-refractivity contribution in [1.29, 1.82) is 0 Å². The molecule has 1 aliphatic rings. The van der Waals surface area contributed by atoms with E-state index in [1.165, 1.54) is 0 Å². The average molecular weight is 371 g/mol. The Morgan fingerprint density at radius 3 is 2.65 bits per heavy atom. The summed E-state index contributed by atoms with van der Waals surface area (Å²) < 4.78 is 5.82. The van der Waals surface area contributed by atoms with Crippen molar-refractivity contribution in [3.63, 3.8) is 0 Å². The molecule has 3 rings (SSSR count). The summed E-state index contributed by atoms with van der Waals surface area (Å²) in [5.74, 6) is 0.450. The molecule has 0 bridgehead atoms. The molecule has 26 heavy (non-hydrogen) atoms. The predicted octanol–water partition coefficient (Wildman–Crippen LogP) is 3.70. The second kappa shape index (κ2) is 8.76. The van der Waals surface area contributed by atoms with E-state index in [0.717, 1.165) is 11.1 Å². The number of thioether (sulfide) groups is 1. The maximum absolute atomic E-state index is 12.4. The first kappa shape index (κ1) is 18.3. The van der Waals surface area contributed by atoms with E-state index in [0.29, 0.717) is 31.1 Å². The van der Waals surface area contributed by atoms with Gasteiger partial charge in [-0.05, 0) is 18.1 Å². The van der Waals surface area contributed by atoms with Gasteiger partial charge in [0.25, 0.3) is 0 Å². The van der Waals surface area contributed by atoms with Gasteiger partial charge in [0.15, 0.2) is 0 Å². The Balaban J connectivity index is 1.74. The molecule has 0 aliphatic carbocycles. The monoisotopic (exact) mass is 371 g/mol. The van der Waals surface area contributed by atoms with Crippen LogP contribution in [-0.2, 0) is 16.1 Å². The van der Waals surface area contributed by atoms with Gasteiger partial charge in [-0.15, -0.1) is 11.8 Å². The number of rotatable bonds is 8. The minimum atomic E-state index is -0.826. The summed E-state index contributed by atoms with van der Waals surface area (Å²) in [7, 11) is 0. The molecule has 0 radical (unpaired) electrons. The lowest BCUT2D eigenvalue weighted by molar-refractivity contribution is -0.137. The number of nitrogens with zero attached hydrogens (tertiary/aromatic N) is 1. The van der Waals surface area contributed by atoms with Crippen molar-refractivity contribution < 1.29 is 19.4 Å². The molecule has 2 aromatic carbocycles. The second-order valence-electron chi connectivity index (χ2n) is 6.05. The average Bonchev–Trinajstić information content (AvgIpc) is 3.00. The van der Waals surface area contributed by atoms with Crippen molar-refractivity contribution in [2.45, 2.75) is 24.8 Å². The summed E-state index contributed by atoms with van der Waals surface area (Å²) in [5.41, 5.74) is 2.04. The zero-order valence-electron chi connectivity index (χ0n) is 14.3. The molecule has 1 amide bonds. The lowest BCUT2D eigenvalue weighted by atomic mass is 10.1. The number of carboxylic acid groups (broad SMARTS) is 1. The molecule has 1 saturated heterocycles. The van der Waals surface area contributed by atoms with Gasteiger partial charge in [-0.25, -0.2) is 0 Å². The number of para-hydroxylation sites is 1. The SMILES string of the molecule is O=C(O)CCCOc1ccccc1C1SCC(=O)N1Cc1ccccc1. The molecule has 1 heterocycles. The topological polar surface area (TPSA) is 66.8 Å². The quantitative estimate of drug-likeness (QED) is 0.717. The van der Waals surface area contributed by atoms with E-state index in [-0.39, 0.29) is 17.7 Å². The van der Waals surface area contributed by atoms with Crippen molar-refractivity contribution >= 4 is 23.6 Å². The summed E-state index contributed by atoms with van der Waals surface area (Å²) in [6, 6.07) is 17.6. The fourth-order valence-electron chi connectivity index (χ4n) is 2.88. The highest BCUT2D eigenvalue weighted by atomic mass is 32.2. The van der Waals surface area contributed by atoms with E-state index >= 15 is 0 Å². The third kappa shape index (κ3) is 4.58. The molecule has 2 aromatic rings. The van der Waals surface area contributed by atoms with Gasteiger partial charge >= 0.3 is 5.97 Å². The highest BCUT2D eigenvalue weighted by molar-refractivity contribution is 8.00. The van der Waals surface area contributed by atoms with Crippen LogP contribution in [0.5, 0.6) is 5.75 Å². The van der Waals surface area contributed by atoms with Crippen LogP contribution >= 0.6 is 11.8 Å². The molecule has 0 aromatic heterocycles. The van der Waals surface area contributed by atoms with Crippen LogP contribution in [0, 0.1) is 0 Å². The largest absolute Gasteiger partial charge is 0.493 e. The Hall–Kier alpha value is -2.47. The molecular formula is C20H21NO4S. The third-order valence-electron chi connectivity index (χ3n) is 4.14. The summed E-state index contributed by atoms with van der Waals surface area (Å²) in [6.07, 6.45) is 0.535. The number of hydrogen-bond acceptors (Lipinski definition) is 4. The molecule has 1 N–H and O–H groups in total. The molecule has 136 valence electrons. The fraction of sp³-hybridized carbons (Fsp3) is 0.300. The second-order valence-corrected chi connectivity index (χ2v) is 7.12. The molecule has 1 aliphatic heterocycles. The smallest absolute Gasteiger partial charge is 0.303 e. The van der Waals surface area contributed by atoms with Crippen molar-refractivity contribution in [2.24, 2.45) is 0 Å². The number of amides is 1. The number of benzene rings is 2. The van der Waals surface area contributed by atoms with E-state index in [2.05, 4.69) is 0 Å². The Morgan fingerprint density at radius 2 is 1.88 bits per heavy atom. The Labute approximate surface area is 157 Å². The summed E-state index contributed by atoms with van der Waals surface area (Å²) in [5, 5.41) is 8.64. The van der Waals surface area contributed by atoms with E-state index in [1.807, 2.05) is 59.5 Å². The van der Waals surface area contributed by atoms with E-state index in [1.54, 1.807) is 11.8 Å². The molecule has 0 saturated carbocycles. The van der Waals surface area contributed by atoms with Crippen molar-refractivity contribution in [2.75, 3.05) is 12.4 Å². The number of carbonyl (C=O) groups excluding carboxylic acids is 1. The van der Waals surface area contributed by atoms with Gasteiger partial charge in [0.2, 0.25) is 5.91 Å². The summed E-state index contributed by atoms with van der Waals surface area (Å²) >= 11 is 1.59. The highest BCUT2D eigenvalue weighted by Gasteiger charge is 2.34. The molecule has 5 nitrogen and oxygen atoms in total. The minimum Gasteiger partial charge on any atom is -0.493 e. The Morgan fingerprint density at radius 1 is 1.15 bits per heavy atom. The lowest BCUT2D eigenvalue weighted by Crippen LogP contribution is -2.27. The summed E-state index contributed by atoms with van der Waals surface area (Å²) in [4.78, 5) is 24.9. The van der Waals surface area contributed by atoms with Crippen LogP contribution in [0.3, 0.4) is 0 Å². The fourth-order valence-corrected chi connectivity index (χ4v) is 4.10. The van der Waals surface area contributed by atoms with Crippen LogP contribution in [0.25, 0.3) is 0 Å². The van der Waals surface area contributed by atoms with Crippen LogP contribution in [0.2, 0.25) is 0 Å². The molecular weight excluding hydrogens is 350 g/mol. The van der Waals surface area contributed by atoms with Crippen LogP contribution in [-0.4, -0.2) is 34.2 Å². The number of hydrogen-bond donors (Lipinski definition) is 1. The van der Waals surface area contributed by atoms with Gasteiger partial charge < -0.3 is 14.7 Å². The predicted molar refractivity (Wildman–Crippen MR) is 101 cm³/mol. The standard InChI is InChI=1S/C20H21NO4S/c22-18-14-26-20(21(18)13-15-7-2-1-3-8-15)16-9-4-5-10-17(16)25-12-6-11-19(23)24/h1-5,7-10,20H,6,11-14H2,(H,23,24). The maximum Gasteiger partial charge on any atom is 0.303 e.